The zero-order valence-corrected chi connectivity index (χ0v) is 12.5. The highest BCUT2D eigenvalue weighted by molar-refractivity contribution is 6.30. The Labute approximate surface area is 119 Å². The van der Waals surface area contributed by atoms with Gasteiger partial charge in [-0.1, -0.05) is 18.5 Å². The summed E-state index contributed by atoms with van der Waals surface area (Å²) in [5.41, 5.74) is 0.836. The van der Waals surface area contributed by atoms with Crippen molar-refractivity contribution >= 4 is 17.4 Å². The largest absolute Gasteiger partial charge is 0.391 e. The first-order valence-electron chi connectivity index (χ1n) is 6.52. The summed E-state index contributed by atoms with van der Waals surface area (Å²) in [4.78, 5) is 8.69. The fourth-order valence-electron chi connectivity index (χ4n) is 1.67. The van der Waals surface area contributed by atoms with E-state index < -0.39 is 6.10 Å². The van der Waals surface area contributed by atoms with Crippen LogP contribution in [-0.4, -0.2) is 41.4 Å². The van der Waals surface area contributed by atoms with Gasteiger partial charge >= 0.3 is 0 Å². The van der Waals surface area contributed by atoms with E-state index in [9.17, 15) is 5.11 Å². The molecule has 1 unspecified atom stereocenters. The van der Waals surface area contributed by atoms with E-state index in [1.807, 2.05) is 6.92 Å². The summed E-state index contributed by atoms with van der Waals surface area (Å²) >= 11 is 6.09. The molecule has 0 bridgehead atoms. The SMILES string of the molecule is CCCc1nc(Cl)c(C)c(NCCC(O)COC)n1. The number of anilines is 1. The Hall–Kier alpha value is -0.910. The average Bonchev–Trinajstić information content (AvgIpc) is 2.35. The number of methoxy groups -OCH3 is 1. The van der Waals surface area contributed by atoms with E-state index in [1.54, 1.807) is 7.11 Å². The first-order valence-corrected chi connectivity index (χ1v) is 6.90. The lowest BCUT2D eigenvalue weighted by Crippen LogP contribution is -2.19. The fraction of sp³-hybridized carbons (Fsp3) is 0.692. The zero-order chi connectivity index (χ0) is 14.3. The Balaban J connectivity index is 2.61. The van der Waals surface area contributed by atoms with Gasteiger partial charge < -0.3 is 15.2 Å². The molecule has 0 radical (unpaired) electrons. The van der Waals surface area contributed by atoms with Crippen LogP contribution < -0.4 is 5.32 Å². The molecule has 2 N–H and O–H groups in total. The topological polar surface area (TPSA) is 67.3 Å². The van der Waals surface area contributed by atoms with E-state index in [1.165, 1.54) is 0 Å². The summed E-state index contributed by atoms with van der Waals surface area (Å²) in [5, 5.41) is 13.2. The second-order valence-corrected chi connectivity index (χ2v) is 4.84. The van der Waals surface area contributed by atoms with Crippen molar-refractivity contribution in [2.24, 2.45) is 0 Å². The van der Waals surface area contributed by atoms with Crippen LogP contribution in [0.1, 0.15) is 31.2 Å². The predicted molar refractivity (Wildman–Crippen MR) is 76.8 cm³/mol. The van der Waals surface area contributed by atoms with Crippen molar-refractivity contribution < 1.29 is 9.84 Å². The maximum atomic E-state index is 9.57. The van der Waals surface area contributed by atoms with Gasteiger partial charge in [0.2, 0.25) is 0 Å². The van der Waals surface area contributed by atoms with E-state index in [0.29, 0.717) is 24.7 Å². The van der Waals surface area contributed by atoms with Gasteiger partial charge in [0.25, 0.3) is 0 Å². The van der Waals surface area contributed by atoms with Crippen LogP contribution in [0.15, 0.2) is 0 Å². The summed E-state index contributed by atoms with van der Waals surface area (Å²) < 4.78 is 4.88. The summed E-state index contributed by atoms with van der Waals surface area (Å²) in [7, 11) is 1.57. The molecule has 1 aromatic rings. The van der Waals surface area contributed by atoms with E-state index in [4.69, 9.17) is 16.3 Å². The number of ether oxygens (including phenoxy) is 1. The highest BCUT2D eigenvalue weighted by Gasteiger charge is 2.09. The number of hydrogen-bond donors (Lipinski definition) is 2. The molecule has 1 atom stereocenters. The van der Waals surface area contributed by atoms with Gasteiger partial charge in [-0.25, -0.2) is 9.97 Å². The van der Waals surface area contributed by atoms with Crippen molar-refractivity contribution in [2.45, 2.75) is 39.2 Å². The molecule has 0 fully saturated rings. The molecule has 0 aliphatic carbocycles. The average molecular weight is 288 g/mol. The highest BCUT2D eigenvalue weighted by Crippen LogP contribution is 2.20. The highest BCUT2D eigenvalue weighted by atomic mass is 35.5. The number of aromatic nitrogens is 2. The molecule has 0 spiro atoms. The van der Waals surface area contributed by atoms with Gasteiger partial charge in [0, 0.05) is 25.6 Å². The van der Waals surface area contributed by atoms with E-state index in [-0.39, 0.29) is 0 Å². The molecular weight excluding hydrogens is 266 g/mol. The van der Waals surface area contributed by atoms with Crippen molar-refractivity contribution in [3.05, 3.63) is 16.5 Å². The number of aryl methyl sites for hydroxylation is 1. The van der Waals surface area contributed by atoms with E-state index in [2.05, 4.69) is 22.2 Å². The molecule has 0 saturated carbocycles. The van der Waals surface area contributed by atoms with Crippen molar-refractivity contribution in [3.63, 3.8) is 0 Å². The quantitative estimate of drug-likeness (QED) is 0.718. The van der Waals surface area contributed by atoms with Crippen molar-refractivity contribution in [3.8, 4) is 0 Å². The van der Waals surface area contributed by atoms with Crippen LogP contribution in [0.5, 0.6) is 0 Å². The second kappa shape index (κ2) is 8.30. The van der Waals surface area contributed by atoms with Gasteiger partial charge in [-0.3, -0.25) is 0 Å². The molecular formula is C13H22ClN3O2. The van der Waals surface area contributed by atoms with Gasteiger partial charge in [-0.05, 0) is 19.8 Å². The first kappa shape index (κ1) is 16.1. The third-order valence-electron chi connectivity index (χ3n) is 2.74. The lowest BCUT2D eigenvalue weighted by Gasteiger charge is -2.13. The molecule has 0 aromatic carbocycles. The Bertz CT molecular complexity index is 402. The lowest BCUT2D eigenvalue weighted by atomic mass is 10.2. The van der Waals surface area contributed by atoms with Crippen molar-refractivity contribution in [2.75, 3.05) is 25.6 Å². The van der Waals surface area contributed by atoms with Crippen LogP contribution in [0.2, 0.25) is 5.15 Å². The number of halogens is 1. The minimum Gasteiger partial charge on any atom is -0.391 e. The summed E-state index contributed by atoms with van der Waals surface area (Å²) in [5.74, 6) is 1.49. The minimum atomic E-state index is -0.467. The molecule has 19 heavy (non-hydrogen) atoms. The van der Waals surface area contributed by atoms with Crippen LogP contribution in [0.3, 0.4) is 0 Å². The zero-order valence-electron chi connectivity index (χ0n) is 11.7. The molecule has 0 aliphatic heterocycles. The molecule has 1 aromatic heterocycles. The van der Waals surface area contributed by atoms with Crippen LogP contribution in [0.25, 0.3) is 0 Å². The summed E-state index contributed by atoms with van der Waals surface area (Å²) in [6.07, 6.45) is 1.91. The third-order valence-corrected chi connectivity index (χ3v) is 3.10. The normalized spacial score (nSPS) is 12.5. The smallest absolute Gasteiger partial charge is 0.137 e. The molecule has 108 valence electrons. The maximum absolute atomic E-state index is 9.57. The number of aliphatic hydroxyl groups excluding tert-OH is 1. The number of nitrogens with one attached hydrogen (secondary N) is 1. The lowest BCUT2D eigenvalue weighted by molar-refractivity contribution is 0.0615. The summed E-state index contributed by atoms with van der Waals surface area (Å²) in [6.45, 7) is 4.91. The predicted octanol–water partition coefficient (Wildman–Crippen LogP) is 2.20. The Morgan fingerprint density at radius 1 is 1.42 bits per heavy atom. The van der Waals surface area contributed by atoms with Crippen LogP contribution in [0, 0.1) is 6.92 Å². The van der Waals surface area contributed by atoms with E-state index >= 15 is 0 Å². The van der Waals surface area contributed by atoms with Crippen LogP contribution >= 0.6 is 11.6 Å². The Kier molecular flexibility index (Phi) is 7.05. The van der Waals surface area contributed by atoms with Crippen LogP contribution in [-0.2, 0) is 11.2 Å². The monoisotopic (exact) mass is 287 g/mol. The standard InChI is InChI=1S/C13H22ClN3O2/c1-4-5-11-16-12(14)9(2)13(17-11)15-7-6-10(18)8-19-3/h10,18H,4-8H2,1-3H3,(H,15,16,17). The molecule has 5 nitrogen and oxygen atoms in total. The van der Waals surface area contributed by atoms with Gasteiger partial charge in [0.1, 0.15) is 16.8 Å². The van der Waals surface area contributed by atoms with Gasteiger partial charge in [-0.2, -0.15) is 0 Å². The number of nitrogens with zero attached hydrogens (tertiary/aromatic N) is 2. The number of aliphatic hydroxyl groups is 1. The minimum absolute atomic E-state index is 0.340. The fourth-order valence-corrected chi connectivity index (χ4v) is 1.86. The first-order chi connectivity index (χ1) is 9.08. The van der Waals surface area contributed by atoms with Gasteiger partial charge in [0.05, 0.1) is 12.7 Å². The third kappa shape index (κ3) is 5.30. The molecule has 0 aliphatic rings. The molecule has 0 saturated heterocycles. The molecule has 0 amide bonds. The molecule has 1 rings (SSSR count). The Morgan fingerprint density at radius 2 is 2.16 bits per heavy atom. The molecule has 1 heterocycles. The number of hydrogen-bond acceptors (Lipinski definition) is 5. The van der Waals surface area contributed by atoms with Crippen LogP contribution in [0.4, 0.5) is 5.82 Å². The van der Waals surface area contributed by atoms with Crippen molar-refractivity contribution in [1.82, 2.24) is 9.97 Å². The Morgan fingerprint density at radius 3 is 2.79 bits per heavy atom. The van der Waals surface area contributed by atoms with Crippen molar-refractivity contribution in [1.29, 1.82) is 0 Å². The van der Waals surface area contributed by atoms with E-state index in [0.717, 1.165) is 30.0 Å². The van der Waals surface area contributed by atoms with Gasteiger partial charge in [-0.15, -0.1) is 0 Å². The summed E-state index contributed by atoms with van der Waals surface area (Å²) in [6, 6.07) is 0. The maximum Gasteiger partial charge on any atom is 0.137 e. The number of rotatable bonds is 8. The van der Waals surface area contributed by atoms with Gasteiger partial charge in [0.15, 0.2) is 0 Å². The second-order valence-electron chi connectivity index (χ2n) is 4.48. The molecule has 6 heteroatoms.